The summed E-state index contributed by atoms with van der Waals surface area (Å²) < 4.78 is 38.7. The number of hydrogen-bond donors (Lipinski definition) is 0. The summed E-state index contributed by atoms with van der Waals surface area (Å²) in [4.78, 5) is 16.5. The van der Waals surface area contributed by atoms with Crippen molar-refractivity contribution in [3.63, 3.8) is 0 Å². The molecule has 1 atom stereocenters. The molecule has 2 saturated heterocycles. The molecule has 0 aromatic heterocycles. The number of hydrogen-bond acceptors (Lipinski definition) is 4. The van der Waals surface area contributed by atoms with Gasteiger partial charge in [-0.3, -0.25) is 4.79 Å². The van der Waals surface area contributed by atoms with Crippen molar-refractivity contribution in [2.24, 2.45) is 5.92 Å². The molecule has 6 nitrogen and oxygen atoms in total. The number of carbonyl (C=O) groups excluding carboxylic acids is 1. The Bertz CT molecular complexity index is 732. The first-order valence-electron chi connectivity index (χ1n) is 8.59. The van der Waals surface area contributed by atoms with Gasteiger partial charge in [0.1, 0.15) is 5.82 Å². The van der Waals surface area contributed by atoms with Gasteiger partial charge in [0.2, 0.25) is 15.9 Å². The van der Waals surface area contributed by atoms with E-state index in [0.717, 1.165) is 6.42 Å². The van der Waals surface area contributed by atoms with Gasteiger partial charge in [0.25, 0.3) is 0 Å². The first-order valence-corrected chi connectivity index (χ1v) is 10.4. The number of sulfonamides is 1. The topological polar surface area (TPSA) is 60.9 Å². The van der Waals surface area contributed by atoms with E-state index in [-0.39, 0.29) is 24.2 Å². The number of piperidine rings is 1. The number of rotatable bonds is 3. The predicted molar refractivity (Wildman–Crippen MR) is 94.3 cm³/mol. The van der Waals surface area contributed by atoms with Crippen LogP contribution in [-0.2, 0) is 14.8 Å². The molecular weight excluding hydrogens is 345 g/mol. The maximum absolute atomic E-state index is 13.9. The Labute approximate surface area is 148 Å². The maximum atomic E-state index is 13.9. The molecule has 1 aromatic carbocycles. The molecule has 25 heavy (non-hydrogen) atoms. The van der Waals surface area contributed by atoms with Crippen LogP contribution >= 0.6 is 0 Å². The average Bonchev–Trinajstić information content (AvgIpc) is 2.61. The summed E-state index contributed by atoms with van der Waals surface area (Å²) in [5.41, 5.74) is 0.565. The number of carbonyl (C=O) groups is 1. The van der Waals surface area contributed by atoms with Crippen molar-refractivity contribution in [3.05, 3.63) is 30.1 Å². The van der Waals surface area contributed by atoms with E-state index in [1.807, 2.05) is 4.90 Å². The standard InChI is InChI=1S/C17H24FN3O3S/c1-25(23,24)21-8-4-5-14(13-21)17(22)20-11-9-19(10-12-20)16-7-3-2-6-15(16)18/h2-3,6-7,14H,4-5,8-13H2,1H3/t14-/m1/s1. The fourth-order valence-electron chi connectivity index (χ4n) is 3.58. The van der Waals surface area contributed by atoms with Crippen LogP contribution in [0.5, 0.6) is 0 Å². The molecule has 2 heterocycles. The molecular formula is C17H24FN3O3S. The minimum Gasteiger partial charge on any atom is -0.366 e. The first-order chi connectivity index (χ1) is 11.9. The third-order valence-electron chi connectivity index (χ3n) is 4.99. The van der Waals surface area contributed by atoms with Crippen molar-refractivity contribution in [1.82, 2.24) is 9.21 Å². The van der Waals surface area contributed by atoms with E-state index >= 15 is 0 Å². The summed E-state index contributed by atoms with van der Waals surface area (Å²) >= 11 is 0. The maximum Gasteiger partial charge on any atom is 0.227 e. The first kappa shape index (κ1) is 18.1. The SMILES string of the molecule is CS(=O)(=O)N1CCC[C@@H](C(=O)N2CCN(c3ccccc3F)CC2)C1. The Kier molecular flexibility index (Phi) is 5.29. The summed E-state index contributed by atoms with van der Waals surface area (Å²) in [5.74, 6) is -0.511. The van der Waals surface area contributed by atoms with Crippen LogP contribution in [0.2, 0.25) is 0 Å². The van der Waals surface area contributed by atoms with Gasteiger partial charge in [-0.05, 0) is 25.0 Å². The van der Waals surface area contributed by atoms with E-state index in [1.54, 1.807) is 23.1 Å². The molecule has 138 valence electrons. The van der Waals surface area contributed by atoms with Crippen LogP contribution in [0.1, 0.15) is 12.8 Å². The Hall–Kier alpha value is -1.67. The van der Waals surface area contributed by atoms with Crippen LogP contribution in [0.4, 0.5) is 10.1 Å². The van der Waals surface area contributed by atoms with Gasteiger partial charge < -0.3 is 9.80 Å². The monoisotopic (exact) mass is 369 g/mol. The average molecular weight is 369 g/mol. The molecule has 0 radical (unpaired) electrons. The van der Waals surface area contributed by atoms with Crippen LogP contribution in [0, 0.1) is 11.7 Å². The normalized spacial score (nSPS) is 22.9. The molecule has 1 amide bonds. The number of benzene rings is 1. The van der Waals surface area contributed by atoms with E-state index in [2.05, 4.69) is 0 Å². The van der Waals surface area contributed by atoms with Crippen molar-refractivity contribution in [3.8, 4) is 0 Å². The number of halogens is 1. The summed E-state index contributed by atoms with van der Waals surface area (Å²) in [7, 11) is -3.26. The van der Waals surface area contributed by atoms with Gasteiger partial charge in [-0.2, -0.15) is 0 Å². The zero-order valence-electron chi connectivity index (χ0n) is 14.4. The smallest absolute Gasteiger partial charge is 0.227 e. The third-order valence-corrected chi connectivity index (χ3v) is 6.26. The molecule has 2 aliphatic rings. The lowest BCUT2D eigenvalue weighted by Crippen LogP contribution is -2.53. The minimum atomic E-state index is -3.26. The molecule has 2 fully saturated rings. The largest absolute Gasteiger partial charge is 0.366 e. The second kappa shape index (κ2) is 7.29. The lowest BCUT2D eigenvalue weighted by atomic mass is 9.97. The molecule has 3 rings (SSSR count). The van der Waals surface area contributed by atoms with Gasteiger partial charge in [0, 0.05) is 39.3 Å². The van der Waals surface area contributed by atoms with Crippen molar-refractivity contribution < 1.29 is 17.6 Å². The summed E-state index contributed by atoms with van der Waals surface area (Å²) in [6.07, 6.45) is 2.62. The lowest BCUT2D eigenvalue weighted by molar-refractivity contribution is -0.137. The fourth-order valence-corrected chi connectivity index (χ4v) is 4.49. The van der Waals surface area contributed by atoms with E-state index in [9.17, 15) is 17.6 Å². The van der Waals surface area contributed by atoms with E-state index < -0.39 is 10.0 Å². The Morgan fingerprint density at radius 2 is 1.80 bits per heavy atom. The van der Waals surface area contributed by atoms with Gasteiger partial charge in [0.15, 0.2) is 0 Å². The molecule has 0 unspecified atom stereocenters. The van der Waals surface area contributed by atoms with E-state index in [1.165, 1.54) is 16.6 Å². The second-order valence-electron chi connectivity index (χ2n) is 6.72. The summed E-state index contributed by atoms with van der Waals surface area (Å²) in [6, 6.07) is 6.65. The van der Waals surface area contributed by atoms with Crippen molar-refractivity contribution in [1.29, 1.82) is 0 Å². The number of para-hydroxylation sites is 1. The molecule has 0 N–H and O–H groups in total. The quantitative estimate of drug-likeness (QED) is 0.802. The highest BCUT2D eigenvalue weighted by molar-refractivity contribution is 7.88. The number of nitrogens with zero attached hydrogens (tertiary/aromatic N) is 3. The second-order valence-corrected chi connectivity index (χ2v) is 8.71. The lowest BCUT2D eigenvalue weighted by Gasteiger charge is -2.39. The van der Waals surface area contributed by atoms with E-state index in [0.29, 0.717) is 44.8 Å². The highest BCUT2D eigenvalue weighted by Crippen LogP contribution is 2.23. The van der Waals surface area contributed by atoms with Gasteiger partial charge in [-0.25, -0.2) is 17.1 Å². The third kappa shape index (κ3) is 4.12. The van der Waals surface area contributed by atoms with Gasteiger partial charge in [0.05, 0.1) is 17.9 Å². The van der Waals surface area contributed by atoms with Gasteiger partial charge in [-0.1, -0.05) is 12.1 Å². The highest BCUT2D eigenvalue weighted by atomic mass is 32.2. The fraction of sp³-hybridized carbons (Fsp3) is 0.588. The Morgan fingerprint density at radius 1 is 1.12 bits per heavy atom. The van der Waals surface area contributed by atoms with Crippen LogP contribution in [0.15, 0.2) is 24.3 Å². The number of piperazine rings is 1. The minimum absolute atomic E-state index is 0.0153. The highest BCUT2D eigenvalue weighted by Gasteiger charge is 2.33. The van der Waals surface area contributed by atoms with Crippen molar-refractivity contribution in [2.45, 2.75) is 12.8 Å². The van der Waals surface area contributed by atoms with Gasteiger partial charge >= 0.3 is 0 Å². The summed E-state index contributed by atoms with van der Waals surface area (Å²) in [5, 5.41) is 0. The number of amides is 1. The van der Waals surface area contributed by atoms with E-state index in [4.69, 9.17) is 0 Å². The molecule has 0 aliphatic carbocycles. The molecule has 2 aliphatic heterocycles. The molecule has 1 aromatic rings. The molecule has 0 bridgehead atoms. The van der Waals surface area contributed by atoms with Crippen LogP contribution in [0.3, 0.4) is 0 Å². The van der Waals surface area contributed by atoms with Crippen LogP contribution in [-0.4, -0.2) is 69.1 Å². The Morgan fingerprint density at radius 3 is 2.44 bits per heavy atom. The van der Waals surface area contributed by atoms with Crippen LogP contribution in [0.25, 0.3) is 0 Å². The number of anilines is 1. The molecule has 0 spiro atoms. The zero-order valence-corrected chi connectivity index (χ0v) is 15.2. The Balaban J connectivity index is 1.59. The van der Waals surface area contributed by atoms with Crippen molar-refractivity contribution in [2.75, 3.05) is 50.4 Å². The molecule has 8 heteroatoms. The predicted octanol–water partition coefficient (Wildman–Crippen LogP) is 1.15. The summed E-state index contributed by atoms with van der Waals surface area (Å²) in [6.45, 7) is 2.98. The van der Waals surface area contributed by atoms with Gasteiger partial charge in [-0.15, -0.1) is 0 Å². The van der Waals surface area contributed by atoms with Crippen LogP contribution < -0.4 is 4.90 Å². The zero-order chi connectivity index (χ0) is 18.0. The molecule has 0 saturated carbocycles. The van der Waals surface area contributed by atoms with Crippen molar-refractivity contribution >= 4 is 21.6 Å².